The average molecular weight is 292 g/mol. The van der Waals surface area contributed by atoms with Gasteiger partial charge in [0.05, 0.1) is 0 Å². The van der Waals surface area contributed by atoms with Gasteiger partial charge < -0.3 is 5.32 Å². The van der Waals surface area contributed by atoms with Crippen LogP contribution in [0.4, 0.5) is 5.82 Å². The van der Waals surface area contributed by atoms with Gasteiger partial charge in [0, 0.05) is 16.8 Å². The fourth-order valence-corrected chi connectivity index (χ4v) is 2.56. The Morgan fingerprint density at radius 1 is 1.10 bits per heavy atom. The predicted octanol–water partition coefficient (Wildman–Crippen LogP) is 5.05. The van der Waals surface area contributed by atoms with Gasteiger partial charge in [0.25, 0.3) is 0 Å². The fourth-order valence-electron chi connectivity index (χ4n) is 2.36. The number of hydrogen-bond acceptors (Lipinski definition) is 3. The van der Waals surface area contributed by atoms with E-state index in [1.807, 2.05) is 24.3 Å². The number of halogens is 1. The van der Waals surface area contributed by atoms with Crippen molar-refractivity contribution in [2.75, 3.05) is 5.32 Å². The molecule has 3 nitrogen and oxygen atoms in total. The van der Waals surface area contributed by atoms with Crippen LogP contribution in [0.15, 0.2) is 24.3 Å². The topological polar surface area (TPSA) is 37.8 Å². The highest BCUT2D eigenvalue weighted by Crippen LogP contribution is 2.26. The third kappa shape index (κ3) is 3.83. The maximum Gasteiger partial charge on any atom is 0.159 e. The molecule has 0 saturated carbocycles. The summed E-state index contributed by atoms with van der Waals surface area (Å²) in [6.45, 7) is 4.42. The van der Waals surface area contributed by atoms with Gasteiger partial charge in [-0.2, -0.15) is 0 Å². The summed E-state index contributed by atoms with van der Waals surface area (Å²) in [5.74, 6) is 0.827. The first-order valence-corrected chi connectivity index (χ1v) is 7.77. The van der Waals surface area contributed by atoms with Gasteiger partial charge >= 0.3 is 0 Å². The van der Waals surface area contributed by atoms with Crippen LogP contribution in [-0.4, -0.2) is 16.2 Å². The molecule has 1 N–H and O–H groups in total. The van der Waals surface area contributed by atoms with E-state index in [-0.39, 0.29) is 0 Å². The van der Waals surface area contributed by atoms with Crippen LogP contribution < -0.4 is 5.32 Å². The first kappa shape index (κ1) is 15.0. The molecule has 1 atom stereocenters. The lowest BCUT2D eigenvalue weighted by Gasteiger charge is -2.15. The largest absolute Gasteiger partial charge is 0.366 e. The Labute approximate surface area is 125 Å². The van der Waals surface area contributed by atoms with E-state index < -0.39 is 0 Å². The molecule has 4 heteroatoms. The van der Waals surface area contributed by atoms with Crippen molar-refractivity contribution < 1.29 is 0 Å². The molecule has 20 heavy (non-hydrogen) atoms. The van der Waals surface area contributed by atoms with Crippen LogP contribution in [0.1, 0.15) is 46.0 Å². The fraction of sp³-hybridized carbons (Fsp3) is 0.500. The van der Waals surface area contributed by atoms with Crippen LogP contribution in [0.2, 0.25) is 5.15 Å². The number of rotatable bonds is 7. The maximum absolute atomic E-state index is 6.08. The molecule has 1 heterocycles. The molecule has 0 radical (unpaired) electrons. The summed E-state index contributed by atoms with van der Waals surface area (Å²) in [4.78, 5) is 0. The van der Waals surface area contributed by atoms with Crippen molar-refractivity contribution >= 4 is 28.2 Å². The standard InChI is InChI=1S/C16H22ClN3/c1-3-4-5-6-9-12(2)18-16-14-11-8-7-10-13(14)15(17)19-20-16/h7-8,10-12H,3-6,9H2,1-2H3,(H,18,20). The van der Waals surface area contributed by atoms with E-state index in [0.29, 0.717) is 11.2 Å². The molecule has 0 bridgehead atoms. The molecule has 0 aliphatic heterocycles. The number of benzene rings is 1. The van der Waals surface area contributed by atoms with Gasteiger partial charge in [0.2, 0.25) is 0 Å². The Morgan fingerprint density at radius 2 is 1.85 bits per heavy atom. The van der Waals surface area contributed by atoms with Crippen molar-refractivity contribution in [1.29, 1.82) is 0 Å². The molecule has 2 aromatic rings. The highest BCUT2D eigenvalue weighted by atomic mass is 35.5. The molecule has 2 rings (SSSR count). The van der Waals surface area contributed by atoms with Crippen LogP contribution in [0.3, 0.4) is 0 Å². The zero-order valence-electron chi connectivity index (χ0n) is 12.2. The second-order valence-electron chi connectivity index (χ2n) is 5.28. The van der Waals surface area contributed by atoms with Crippen molar-refractivity contribution in [1.82, 2.24) is 10.2 Å². The summed E-state index contributed by atoms with van der Waals surface area (Å²) in [7, 11) is 0. The molecule has 1 unspecified atom stereocenters. The maximum atomic E-state index is 6.08. The van der Waals surface area contributed by atoms with Gasteiger partial charge in [0.15, 0.2) is 11.0 Å². The number of fused-ring (bicyclic) bond motifs is 1. The third-order valence-electron chi connectivity index (χ3n) is 3.52. The molecule has 1 aromatic carbocycles. The lowest BCUT2D eigenvalue weighted by atomic mass is 10.1. The Hall–Kier alpha value is -1.35. The van der Waals surface area contributed by atoms with Crippen molar-refractivity contribution in [3.8, 4) is 0 Å². The third-order valence-corrected chi connectivity index (χ3v) is 3.80. The molecular formula is C16H22ClN3. The van der Waals surface area contributed by atoms with Crippen LogP contribution in [0.25, 0.3) is 10.8 Å². The van der Waals surface area contributed by atoms with E-state index >= 15 is 0 Å². The van der Waals surface area contributed by atoms with E-state index in [0.717, 1.165) is 23.0 Å². The summed E-state index contributed by atoms with van der Waals surface area (Å²) < 4.78 is 0. The summed E-state index contributed by atoms with van der Waals surface area (Å²) in [6.07, 6.45) is 6.29. The van der Waals surface area contributed by atoms with Crippen molar-refractivity contribution in [2.24, 2.45) is 0 Å². The summed E-state index contributed by atoms with van der Waals surface area (Å²) in [5.41, 5.74) is 0. The van der Waals surface area contributed by atoms with Gasteiger partial charge in [0.1, 0.15) is 0 Å². The van der Waals surface area contributed by atoms with Crippen LogP contribution >= 0.6 is 11.6 Å². The van der Waals surface area contributed by atoms with Gasteiger partial charge in [-0.25, -0.2) is 0 Å². The number of nitrogens with one attached hydrogen (secondary N) is 1. The second kappa shape index (κ2) is 7.44. The molecule has 0 fully saturated rings. The highest BCUT2D eigenvalue weighted by molar-refractivity contribution is 6.34. The normalized spacial score (nSPS) is 12.6. The van der Waals surface area contributed by atoms with Crippen molar-refractivity contribution in [3.05, 3.63) is 29.4 Å². The molecule has 1 aromatic heterocycles. The van der Waals surface area contributed by atoms with E-state index in [4.69, 9.17) is 11.6 Å². The van der Waals surface area contributed by atoms with Crippen molar-refractivity contribution in [3.63, 3.8) is 0 Å². The summed E-state index contributed by atoms with van der Waals surface area (Å²) in [5, 5.41) is 14.1. The summed E-state index contributed by atoms with van der Waals surface area (Å²) in [6, 6.07) is 8.36. The van der Waals surface area contributed by atoms with Gasteiger partial charge in [-0.15, -0.1) is 10.2 Å². The lowest BCUT2D eigenvalue weighted by Crippen LogP contribution is -2.16. The zero-order chi connectivity index (χ0) is 14.4. The van der Waals surface area contributed by atoms with Gasteiger partial charge in [-0.1, -0.05) is 68.5 Å². The quantitative estimate of drug-likeness (QED) is 0.725. The molecule has 0 spiro atoms. The Morgan fingerprint density at radius 3 is 2.60 bits per heavy atom. The average Bonchev–Trinajstić information content (AvgIpc) is 2.47. The number of unbranched alkanes of at least 4 members (excludes halogenated alkanes) is 3. The number of anilines is 1. The first-order valence-electron chi connectivity index (χ1n) is 7.39. The smallest absolute Gasteiger partial charge is 0.159 e. The van der Waals surface area contributed by atoms with E-state index in [9.17, 15) is 0 Å². The van der Waals surface area contributed by atoms with Crippen LogP contribution in [0, 0.1) is 0 Å². The first-order chi connectivity index (χ1) is 9.72. The highest BCUT2D eigenvalue weighted by Gasteiger charge is 2.09. The zero-order valence-corrected chi connectivity index (χ0v) is 13.0. The van der Waals surface area contributed by atoms with E-state index in [1.54, 1.807) is 0 Å². The number of aromatic nitrogens is 2. The minimum absolute atomic E-state index is 0.394. The van der Waals surface area contributed by atoms with Gasteiger partial charge in [-0.3, -0.25) is 0 Å². The molecular weight excluding hydrogens is 270 g/mol. The Bertz CT molecular complexity index is 556. The van der Waals surface area contributed by atoms with E-state index in [1.165, 1.54) is 25.7 Å². The minimum Gasteiger partial charge on any atom is -0.366 e. The summed E-state index contributed by atoms with van der Waals surface area (Å²) >= 11 is 6.08. The molecule has 0 amide bonds. The molecule has 108 valence electrons. The Balaban J connectivity index is 2.04. The predicted molar refractivity (Wildman–Crippen MR) is 86.4 cm³/mol. The van der Waals surface area contributed by atoms with E-state index in [2.05, 4.69) is 29.4 Å². The van der Waals surface area contributed by atoms with Gasteiger partial charge in [-0.05, 0) is 13.3 Å². The second-order valence-corrected chi connectivity index (χ2v) is 5.64. The van der Waals surface area contributed by atoms with Crippen LogP contribution in [0.5, 0.6) is 0 Å². The SMILES string of the molecule is CCCCCCC(C)Nc1nnc(Cl)c2ccccc12. The number of nitrogens with zero attached hydrogens (tertiary/aromatic N) is 2. The van der Waals surface area contributed by atoms with Crippen molar-refractivity contribution in [2.45, 2.75) is 52.0 Å². The monoisotopic (exact) mass is 291 g/mol. The van der Waals surface area contributed by atoms with Crippen LogP contribution in [-0.2, 0) is 0 Å². The minimum atomic E-state index is 0.394. The molecule has 0 aliphatic carbocycles. The Kier molecular flexibility index (Phi) is 5.60. The number of hydrogen-bond donors (Lipinski definition) is 1. The molecule has 0 aliphatic rings. The lowest BCUT2D eigenvalue weighted by molar-refractivity contribution is 0.593. The molecule has 0 saturated heterocycles.